The first-order valence-corrected chi connectivity index (χ1v) is 4.47. The monoisotopic (exact) mass is 193 g/mol. The fraction of sp³-hybridized carbons (Fsp3) is 0.300. The minimum absolute atomic E-state index is 0.178. The molecule has 1 saturated heterocycles. The van der Waals surface area contributed by atoms with Gasteiger partial charge in [0.1, 0.15) is 12.4 Å². The maximum absolute atomic E-state index is 10.7. The first-order chi connectivity index (χ1) is 6.84. The van der Waals surface area contributed by atoms with Gasteiger partial charge in [0.25, 0.3) is 0 Å². The lowest BCUT2D eigenvalue weighted by Gasteiger charge is -2.09. The lowest BCUT2D eigenvalue weighted by molar-refractivity contribution is 0.105. The van der Waals surface area contributed by atoms with Crippen molar-refractivity contribution in [1.82, 2.24) is 5.32 Å². The van der Waals surface area contributed by atoms with Crippen molar-refractivity contribution in [2.24, 2.45) is 0 Å². The summed E-state index contributed by atoms with van der Waals surface area (Å²) >= 11 is 0. The van der Waals surface area contributed by atoms with Gasteiger partial charge in [-0.3, -0.25) is 0 Å². The summed E-state index contributed by atoms with van der Waals surface area (Å²) in [6.45, 7) is 0.911. The molecule has 1 aliphatic rings. The summed E-state index contributed by atoms with van der Waals surface area (Å²) in [4.78, 5) is 10.7. The van der Waals surface area contributed by atoms with Crippen molar-refractivity contribution >= 4 is 6.09 Å². The Bertz CT molecular complexity index is 312. The first-order valence-electron chi connectivity index (χ1n) is 4.47. The van der Waals surface area contributed by atoms with E-state index in [2.05, 4.69) is 5.32 Å². The zero-order chi connectivity index (χ0) is 9.80. The number of hydrogen-bond donors (Lipinski definition) is 1. The minimum Gasteiger partial charge on any atom is -0.490 e. The minimum atomic E-state index is -0.369. The molecule has 14 heavy (non-hydrogen) atoms. The van der Waals surface area contributed by atoms with Crippen LogP contribution in [0.4, 0.5) is 4.79 Å². The molecule has 1 aliphatic heterocycles. The number of para-hydroxylation sites is 1. The van der Waals surface area contributed by atoms with Crippen LogP contribution in [0.3, 0.4) is 0 Å². The highest BCUT2D eigenvalue weighted by atomic mass is 16.6. The number of carbonyl (C=O) groups is 1. The van der Waals surface area contributed by atoms with E-state index in [9.17, 15) is 4.79 Å². The van der Waals surface area contributed by atoms with Gasteiger partial charge in [0, 0.05) is 0 Å². The van der Waals surface area contributed by atoms with Gasteiger partial charge in [0.15, 0.2) is 6.10 Å². The third kappa shape index (κ3) is 2.16. The molecule has 1 amide bonds. The van der Waals surface area contributed by atoms with Gasteiger partial charge >= 0.3 is 6.09 Å². The molecule has 1 aromatic rings. The van der Waals surface area contributed by atoms with Crippen LogP contribution in [0.2, 0.25) is 0 Å². The molecule has 0 aromatic heterocycles. The third-order valence-corrected chi connectivity index (χ3v) is 1.93. The predicted octanol–water partition coefficient (Wildman–Crippen LogP) is 1.17. The summed E-state index contributed by atoms with van der Waals surface area (Å²) in [5.74, 6) is 0.787. The van der Waals surface area contributed by atoms with Gasteiger partial charge in [-0.2, -0.15) is 0 Å². The van der Waals surface area contributed by atoms with Crippen molar-refractivity contribution in [3.8, 4) is 5.75 Å². The van der Waals surface area contributed by atoms with Gasteiger partial charge in [-0.05, 0) is 12.1 Å². The SMILES string of the molecule is O=C1NCC(COc2ccccc2)O1. The molecular formula is C10H11NO3. The second kappa shape index (κ2) is 4.00. The molecule has 74 valence electrons. The molecule has 4 heteroatoms. The first kappa shape index (κ1) is 8.87. The molecule has 1 unspecified atom stereocenters. The number of amides is 1. The molecule has 1 atom stereocenters. The zero-order valence-electron chi connectivity index (χ0n) is 7.60. The Labute approximate surface area is 81.8 Å². The van der Waals surface area contributed by atoms with Gasteiger partial charge in [0.05, 0.1) is 6.54 Å². The van der Waals surface area contributed by atoms with Crippen molar-refractivity contribution in [2.45, 2.75) is 6.10 Å². The number of hydrogen-bond acceptors (Lipinski definition) is 3. The summed E-state index contributed by atoms with van der Waals surface area (Å²) in [6.07, 6.45) is -0.547. The Morgan fingerprint density at radius 2 is 2.21 bits per heavy atom. The van der Waals surface area contributed by atoms with Gasteiger partial charge in [-0.25, -0.2) is 4.79 Å². The van der Waals surface area contributed by atoms with E-state index in [-0.39, 0.29) is 12.2 Å². The molecule has 1 fully saturated rings. The number of ether oxygens (including phenoxy) is 2. The topological polar surface area (TPSA) is 47.6 Å². The molecule has 1 N–H and O–H groups in total. The zero-order valence-corrected chi connectivity index (χ0v) is 7.60. The molecule has 0 aliphatic carbocycles. The number of benzene rings is 1. The Kier molecular flexibility index (Phi) is 2.53. The Morgan fingerprint density at radius 3 is 2.86 bits per heavy atom. The largest absolute Gasteiger partial charge is 0.490 e. The maximum Gasteiger partial charge on any atom is 0.407 e. The quantitative estimate of drug-likeness (QED) is 0.784. The van der Waals surface area contributed by atoms with Gasteiger partial charge in [-0.15, -0.1) is 0 Å². The Morgan fingerprint density at radius 1 is 1.43 bits per heavy atom. The summed E-state index contributed by atoms with van der Waals surface area (Å²) in [7, 11) is 0. The second-order valence-electron chi connectivity index (χ2n) is 3.03. The fourth-order valence-corrected chi connectivity index (χ4v) is 1.23. The summed E-state index contributed by atoms with van der Waals surface area (Å²) in [6, 6.07) is 9.45. The Hall–Kier alpha value is -1.71. The highest BCUT2D eigenvalue weighted by Crippen LogP contribution is 2.10. The molecular weight excluding hydrogens is 182 g/mol. The summed E-state index contributed by atoms with van der Waals surface area (Å²) in [5, 5.41) is 2.56. The second-order valence-corrected chi connectivity index (χ2v) is 3.03. The van der Waals surface area contributed by atoms with Crippen LogP contribution in [-0.2, 0) is 4.74 Å². The van der Waals surface area contributed by atoms with Crippen LogP contribution in [0.15, 0.2) is 30.3 Å². The fourth-order valence-electron chi connectivity index (χ4n) is 1.23. The van der Waals surface area contributed by atoms with Crippen LogP contribution in [-0.4, -0.2) is 25.3 Å². The van der Waals surface area contributed by atoms with Gasteiger partial charge in [-0.1, -0.05) is 18.2 Å². The van der Waals surface area contributed by atoms with E-state index in [1.807, 2.05) is 30.3 Å². The highest BCUT2D eigenvalue weighted by Gasteiger charge is 2.22. The van der Waals surface area contributed by atoms with Crippen molar-refractivity contribution in [3.63, 3.8) is 0 Å². The molecule has 1 heterocycles. The van der Waals surface area contributed by atoms with Crippen LogP contribution in [0.25, 0.3) is 0 Å². The van der Waals surface area contributed by atoms with E-state index in [4.69, 9.17) is 9.47 Å². The lowest BCUT2D eigenvalue weighted by Crippen LogP contribution is -2.21. The third-order valence-electron chi connectivity index (χ3n) is 1.93. The molecule has 0 bridgehead atoms. The molecule has 4 nitrogen and oxygen atoms in total. The molecule has 0 spiro atoms. The summed E-state index contributed by atoms with van der Waals surface area (Å²) < 4.78 is 10.3. The molecule has 2 rings (SSSR count). The van der Waals surface area contributed by atoms with E-state index in [0.717, 1.165) is 5.75 Å². The average molecular weight is 193 g/mol. The molecule has 0 radical (unpaired) electrons. The highest BCUT2D eigenvalue weighted by molar-refractivity contribution is 5.69. The van der Waals surface area contributed by atoms with Crippen LogP contribution in [0.5, 0.6) is 5.75 Å². The van der Waals surface area contributed by atoms with Crippen LogP contribution < -0.4 is 10.1 Å². The normalized spacial score (nSPS) is 20.0. The van der Waals surface area contributed by atoms with Crippen molar-refractivity contribution < 1.29 is 14.3 Å². The average Bonchev–Trinajstić information content (AvgIpc) is 2.63. The lowest BCUT2D eigenvalue weighted by atomic mass is 10.3. The maximum atomic E-state index is 10.7. The van der Waals surface area contributed by atoms with E-state index in [1.54, 1.807) is 0 Å². The van der Waals surface area contributed by atoms with E-state index < -0.39 is 0 Å². The van der Waals surface area contributed by atoms with E-state index in [1.165, 1.54) is 0 Å². The smallest absolute Gasteiger partial charge is 0.407 e. The Balaban J connectivity index is 1.80. The van der Waals surface area contributed by atoms with E-state index in [0.29, 0.717) is 13.2 Å². The molecule has 1 aromatic carbocycles. The van der Waals surface area contributed by atoms with Crippen molar-refractivity contribution in [1.29, 1.82) is 0 Å². The van der Waals surface area contributed by atoms with Crippen LogP contribution >= 0.6 is 0 Å². The number of nitrogens with one attached hydrogen (secondary N) is 1. The van der Waals surface area contributed by atoms with Gasteiger partial charge in [0.2, 0.25) is 0 Å². The number of rotatable bonds is 3. The van der Waals surface area contributed by atoms with E-state index >= 15 is 0 Å². The number of alkyl carbamates (subject to hydrolysis) is 1. The standard InChI is InChI=1S/C10H11NO3/c12-10-11-6-9(14-10)7-13-8-4-2-1-3-5-8/h1-5,9H,6-7H2,(H,11,12). The predicted molar refractivity (Wildman–Crippen MR) is 50.2 cm³/mol. The van der Waals surface area contributed by atoms with Crippen molar-refractivity contribution in [2.75, 3.05) is 13.2 Å². The summed E-state index contributed by atoms with van der Waals surface area (Å²) in [5.41, 5.74) is 0. The van der Waals surface area contributed by atoms with Crippen LogP contribution in [0.1, 0.15) is 0 Å². The van der Waals surface area contributed by atoms with Crippen LogP contribution in [0, 0.1) is 0 Å². The number of cyclic esters (lactones) is 1. The molecule has 0 saturated carbocycles. The number of carbonyl (C=O) groups excluding carboxylic acids is 1. The van der Waals surface area contributed by atoms with Crippen molar-refractivity contribution in [3.05, 3.63) is 30.3 Å². The van der Waals surface area contributed by atoms with Gasteiger partial charge < -0.3 is 14.8 Å².